The van der Waals surface area contributed by atoms with Gasteiger partial charge in [-0.2, -0.15) is 0 Å². The highest BCUT2D eigenvalue weighted by Gasteiger charge is 2.45. The Morgan fingerprint density at radius 3 is 2.43 bits per heavy atom. The van der Waals surface area contributed by atoms with Gasteiger partial charge in [-0.25, -0.2) is 9.97 Å². The van der Waals surface area contributed by atoms with E-state index < -0.39 is 5.54 Å². The van der Waals surface area contributed by atoms with Crippen LogP contribution in [0.1, 0.15) is 24.2 Å². The third kappa shape index (κ3) is 4.32. The number of nitrogens with one attached hydrogen (secondary N) is 1. The number of carbonyl (C=O) groups is 1. The topological polar surface area (TPSA) is 107 Å². The van der Waals surface area contributed by atoms with Gasteiger partial charge in [0.25, 0.3) is 5.56 Å². The highest BCUT2D eigenvalue weighted by atomic mass is 16.2. The number of pyridine rings is 2. The summed E-state index contributed by atoms with van der Waals surface area (Å²) in [7, 11) is 0. The van der Waals surface area contributed by atoms with Crippen molar-refractivity contribution in [2.45, 2.75) is 31.8 Å². The van der Waals surface area contributed by atoms with Crippen LogP contribution in [0.4, 0.5) is 0 Å². The van der Waals surface area contributed by atoms with E-state index >= 15 is 0 Å². The first-order chi connectivity index (χ1) is 21.5. The molecule has 1 aliphatic rings. The Labute approximate surface area is 251 Å². The van der Waals surface area contributed by atoms with Gasteiger partial charge in [-0.1, -0.05) is 66.7 Å². The predicted molar refractivity (Wildman–Crippen MR) is 169 cm³/mol. The quantitative estimate of drug-likeness (QED) is 0.282. The van der Waals surface area contributed by atoms with Crippen LogP contribution in [-0.4, -0.2) is 35.0 Å². The van der Waals surface area contributed by atoms with Crippen molar-refractivity contribution in [2.75, 3.05) is 0 Å². The Balaban J connectivity index is 1.11. The molecular formula is C35H27N7O2. The molecule has 3 aromatic carbocycles. The van der Waals surface area contributed by atoms with Crippen LogP contribution in [0.25, 0.3) is 49.8 Å². The predicted octanol–water partition coefficient (Wildman–Crippen LogP) is 5.44. The zero-order valence-corrected chi connectivity index (χ0v) is 23.9. The van der Waals surface area contributed by atoms with E-state index in [1.807, 2.05) is 47.9 Å². The number of para-hydroxylation sites is 1. The SMILES string of the molecule is Cc1nnc2c3cc(-c4ccccc4)c(-c4ccc(C5(NC(=O)Cn6cnc7ccccc7c6=O)CC5)cc4)nc3ccn12. The highest BCUT2D eigenvalue weighted by Crippen LogP contribution is 2.46. The van der Waals surface area contributed by atoms with Gasteiger partial charge in [-0.15, -0.1) is 10.2 Å². The van der Waals surface area contributed by atoms with Gasteiger partial charge in [-0.05, 0) is 55.2 Å². The number of nitrogens with zero attached hydrogens (tertiary/aromatic N) is 6. The monoisotopic (exact) mass is 577 g/mol. The maximum atomic E-state index is 13.1. The van der Waals surface area contributed by atoms with Crippen molar-refractivity contribution in [1.82, 2.24) is 34.4 Å². The number of carbonyl (C=O) groups excluding carboxylic acids is 1. The Morgan fingerprint density at radius 2 is 1.64 bits per heavy atom. The largest absolute Gasteiger partial charge is 0.345 e. The lowest BCUT2D eigenvalue weighted by atomic mass is 9.95. The second kappa shape index (κ2) is 9.95. The number of aryl methyl sites for hydroxylation is 1. The molecule has 0 unspecified atom stereocenters. The first-order valence-corrected chi connectivity index (χ1v) is 14.6. The first-order valence-electron chi connectivity index (χ1n) is 14.6. The van der Waals surface area contributed by atoms with Crippen LogP contribution in [0.3, 0.4) is 0 Å². The van der Waals surface area contributed by atoms with Gasteiger partial charge >= 0.3 is 0 Å². The summed E-state index contributed by atoms with van der Waals surface area (Å²) in [5.74, 6) is 0.605. The number of amides is 1. The molecular weight excluding hydrogens is 550 g/mol. The number of hydrogen-bond acceptors (Lipinski definition) is 6. The number of aromatic nitrogens is 6. The maximum Gasteiger partial charge on any atom is 0.261 e. The van der Waals surface area contributed by atoms with Crippen LogP contribution in [0.5, 0.6) is 0 Å². The van der Waals surface area contributed by atoms with E-state index in [0.717, 1.165) is 63.2 Å². The van der Waals surface area contributed by atoms with Gasteiger partial charge in [0.2, 0.25) is 5.91 Å². The molecule has 1 saturated carbocycles. The molecule has 0 atom stereocenters. The summed E-state index contributed by atoms with van der Waals surface area (Å²) in [6.45, 7) is 1.85. The van der Waals surface area contributed by atoms with Gasteiger partial charge in [0.1, 0.15) is 12.4 Å². The summed E-state index contributed by atoms with van der Waals surface area (Å²) in [6, 6.07) is 29.8. The van der Waals surface area contributed by atoms with E-state index in [-0.39, 0.29) is 18.0 Å². The van der Waals surface area contributed by atoms with Gasteiger partial charge in [0.05, 0.1) is 34.0 Å². The third-order valence-corrected chi connectivity index (χ3v) is 8.51. The molecule has 0 radical (unpaired) electrons. The Hall–Kier alpha value is -5.70. The lowest BCUT2D eigenvalue weighted by Crippen LogP contribution is -2.39. The molecule has 4 heterocycles. The maximum absolute atomic E-state index is 13.1. The van der Waals surface area contributed by atoms with E-state index in [2.05, 4.69) is 63.0 Å². The van der Waals surface area contributed by atoms with Crippen LogP contribution in [0, 0.1) is 6.92 Å². The zero-order chi connectivity index (χ0) is 29.8. The van der Waals surface area contributed by atoms with E-state index in [0.29, 0.717) is 10.9 Å². The number of hydrogen-bond donors (Lipinski definition) is 1. The van der Waals surface area contributed by atoms with Crippen molar-refractivity contribution in [1.29, 1.82) is 0 Å². The summed E-state index contributed by atoms with van der Waals surface area (Å²) < 4.78 is 3.34. The molecule has 0 aliphatic heterocycles. The summed E-state index contributed by atoms with van der Waals surface area (Å²) in [5.41, 5.74) is 6.50. The molecule has 4 aromatic heterocycles. The standard InChI is InChI=1S/C35H27N7O2/c1-22-39-40-33-28-19-27(23-7-3-2-4-8-23)32(37-30(28)15-18-42(22)33)24-11-13-25(14-12-24)35(16-17-35)38-31(43)20-41-21-36-29-10-6-5-9-26(29)34(41)44/h2-15,18-19,21H,16-17,20H2,1H3,(H,38,43). The van der Waals surface area contributed by atoms with Crippen molar-refractivity contribution >= 4 is 33.4 Å². The van der Waals surface area contributed by atoms with Crippen LogP contribution in [0.2, 0.25) is 0 Å². The molecule has 44 heavy (non-hydrogen) atoms. The molecule has 8 rings (SSSR count). The summed E-state index contributed by atoms with van der Waals surface area (Å²) >= 11 is 0. The minimum Gasteiger partial charge on any atom is -0.345 e. The number of fused-ring (bicyclic) bond motifs is 4. The molecule has 1 N–H and O–H groups in total. The third-order valence-electron chi connectivity index (χ3n) is 8.51. The molecule has 7 aromatic rings. The van der Waals surface area contributed by atoms with E-state index in [1.165, 1.54) is 10.9 Å². The van der Waals surface area contributed by atoms with Crippen molar-refractivity contribution in [2.24, 2.45) is 0 Å². The fourth-order valence-corrected chi connectivity index (χ4v) is 6.01. The van der Waals surface area contributed by atoms with Crippen LogP contribution < -0.4 is 10.9 Å². The van der Waals surface area contributed by atoms with Gasteiger partial charge in [0.15, 0.2) is 5.65 Å². The molecule has 0 spiro atoms. The zero-order valence-electron chi connectivity index (χ0n) is 23.9. The smallest absolute Gasteiger partial charge is 0.261 e. The molecule has 0 saturated heterocycles. The second-order valence-electron chi connectivity index (χ2n) is 11.3. The second-order valence-corrected chi connectivity index (χ2v) is 11.3. The van der Waals surface area contributed by atoms with Crippen molar-refractivity contribution < 1.29 is 4.79 Å². The minimum absolute atomic E-state index is 0.0865. The summed E-state index contributed by atoms with van der Waals surface area (Å²) in [4.78, 5) is 35.5. The Morgan fingerprint density at radius 1 is 0.864 bits per heavy atom. The van der Waals surface area contributed by atoms with Crippen molar-refractivity contribution in [3.63, 3.8) is 0 Å². The van der Waals surface area contributed by atoms with E-state index in [9.17, 15) is 9.59 Å². The Bertz CT molecular complexity index is 2290. The van der Waals surface area contributed by atoms with Crippen molar-refractivity contribution in [3.8, 4) is 22.4 Å². The highest BCUT2D eigenvalue weighted by molar-refractivity contribution is 5.98. The molecule has 9 nitrogen and oxygen atoms in total. The molecule has 1 amide bonds. The van der Waals surface area contributed by atoms with E-state index in [1.54, 1.807) is 18.2 Å². The van der Waals surface area contributed by atoms with Crippen LogP contribution >= 0.6 is 0 Å². The average molecular weight is 578 g/mol. The fourth-order valence-electron chi connectivity index (χ4n) is 6.01. The van der Waals surface area contributed by atoms with Gasteiger partial charge in [0, 0.05) is 22.7 Å². The van der Waals surface area contributed by atoms with Crippen molar-refractivity contribution in [3.05, 3.63) is 125 Å². The lowest BCUT2D eigenvalue weighted by molar-refractivity contribution is -0.122. The molecule has 1 fully saturated rings. The number of benzene rings is 3. The van der Waals surface area contributed by atoms with E-state index in [4.69, 9.17) is 4.98 Å². The molecule has 1 aliphatic carbocycles. The Kier molecular flexibility index (Phi) is 5.87. The molecule has 214 valence electrons. The summed E-state index contributed by atoms with van der Waals surface area (Å²) in [6.07, 6.45) is 5.06. The first kappa shape index (κ1) is 26.0. The number of rotatable bonds is 6. The lowest BCUT2D eigenvalue weighted by Gasteiger charge is -2.19. The normalized spacial score (nSPS) is 13.8. The fraction of sp³-hybridized carbons (Fsp3) is 0.143. The average Bonchev–Trinajstić information content (AvgIpc) is 3.74. The van der Waals surface area contributed by atoms with Gasteiger partial charge < -0.3 is 5.32 Å². The molecule has 9 heteroatoms. The van der Waals surface area contributed by atoms with Gasteiger partial charge in [-0.3, -0.25) is 18.6 Å². The molecule has 0 bridgehead atoms. The van der Waals surface area contributed by atoms with Crippen LogP contribution in [0.15, 0.2) is 108 Å². The summed E-state index contributed by atoms with van der Waals surface area (Å²) in [5, 5.41) is 13.3. The van der Waals surface area contributed by atoms with Crippen LogP contribution in [-0.2, 0) is 16.9 Å². The minimum atomic E-state index is -0.445.